The first-order valence-corrected chi connectivity index (χ1v) is 8.27. The minimum absolute atomic E-state index is 0.0828. The van der Waals surface area contributed by atoms with Gasteiger partial charge in [0.1, 0.15) is 17.9 Å². The van der Waals surface area contributed by atoms with E-state index in [2.05, 4.69) is 13.5 Å². The average Bonchev–Trinajstić information content (AvgIpc) is 2.81. The number of nitrogens with zero attached hydrogens (tertiary/aromatic N) is 1. The number of ether oxygens (including phenoxy) is 1. The fraction of sp³-hybridized carbons (Fsp3) is 0.647. The summed E-state index contributed by atoms with van der Waals surface area (Å²) in [5.41, 5.74) is -2.21. The molecule has 2 rings (SSSR count). The van der Waals surface area contributed by atoms with E-state index in [1.54, 1.807) is 0 Å². The zero-order valence-corrected chi connectivity index (χ0v) is 14.2. The fourth-order valence-electron chi connectivity index (χ4n) is 3.15. The summed E-state index contributed by atoms with van der Waals surface area (Å²) in [4.78, 5) is 28.6. The zero-order chi connectivity index (χ0) is 17.9. The lowest BCUT2D eigenvalue weighted by Gasteiger charge is -2.39. The molecular formula is C17H25NO6. The normalized spacial score (nSPS) is 29.8. The molecule has 0 spiro atoms. The molecule has 2 heterocycles. The second-order valence-corrected chi connectivity index (χ2v) is 6.19. The van der Waals surface area contributed by atoms with Crippen LogP contribution in [0.3, 0.4) is 0 Å². The van der Waals surface area contributed by atoms with Gasteiger partial charge >= 0.3 is 0 Å². The van der Waals surface area contributed by atoms with Crippen LogP contribution in [0.1, 0.15) is 45.4 Å². The van der Waals surface area contributed by atoms with Crippen molar-refractivity contribution in [1.82, 2.24) is 5.06 Å². The van der Waals surface area contributed by atoms with E-state index < -0.39 is 23.7 Å². The third kappa shape index (κ3) is 2.99. The maximum Gasteiger partial charge on any atom is 0.284 e. The number of carbonyl (C=O) groups excluding carboxylic acids is 2. The predicted molar refractivity (Wildman–Crippen MR) is 85.3 cm³/mol. The Kier molecular flexibility index (Phi) is 5.79. The van der Waals surface area contributed by atoms with E-state index in [-0.39, 0.29) is 23.3 Å². The van der Waals surface area contributed by atoms with Gasteiger partial charge in [-0.15, -0.1) is 0 Å². The number of unbranched alkanes of at least 4 members (excludes halogenated alkanes) is 4. The molecule has 3 atom stereocenters. The molecule has 2 N–H and O–H groups in total. The maximum absolute atomic E-state index is 12.2. The van der Waals surface area contributed by atoms with Gasteiger partial charge in [0.2, 0.25) is 0 Å². The van der Waals surface area contributed by atoms with Crippen molar-refractivity contribution < 1.29 is 29.4 Å². The Morgan fingerprint density at radius 1 is 1.38 bits per heavy atom. The van der Waals surface area contributed by atoms with Gasteiger partial charge in [-0.3, -0.25) is 14.4 Å². The third-order valence-electron chi connectivity index (χ3n) is 4.60. The lowest BCUT2D eigenvalue weighted by Crippen LogP contribution is -2.58. The SMILES string of the molecule is C=C1C2=C(C(=O)N1OC)[C@H](O)[C@](O)(C=O)[C@H](CCCCCCC)O2. The van der Waals surface area contributed by atoms with Gasteiger partial charge in [-0.2, -0.15) is 5.06 Å². The van der Waals surface area contributed by atoms with Crippen molar-refractivity contribution >= 4 is 12.2 Å². The molecule has 2 aliphatic heterocycles. The highest BCUT2D eigenvalue weighted by molar-refractivity contribution is 6.01. The Balaban J connectivity index is 2.19. The Bertz CT molecular complexity index is 557. The largest absolute Gasteiger partial charge is 0.484 e. The van der Waals surface area contributed by atoms with Gasteiger partial charge in [-0.25, -0.2) is 0 Å². The second kappa shape index (κ2) is 7.46. The van der Waals surface area contributed by atoms with Gasteiger partial charge < -0.3 is 14.9 Å². The summed E-state index contributed by atoms with van der Waals surface area (Å²) in [7, 11) is 1.28. The third-order valence-corrected chi connectivity index (χ3v) is 4.60. The van der Waals surface area contributed by atoms with Crippen molar-refractivity contribution in [3.8, 4) is 0 Å². The smallest absolute Gasteiger partial charge is 0.284 e. The maximum atomic E-state index is 12.2. The number of hydrogen-bond donors (Lipinski definition) is 2. The standard InChI is InChI=1S/C17H25NO6/c1-4-5-6-7-8-9-12-17(22,10-19)15(20)13-14(24-12)11(2)18(23-3)16(13)21/h10,12,15,20,22H,2,4-9H2,1,3H3/t12-,15-,17-/m0/s1. The Labute approximate surface area is 141 Å². The van der Waals surface area contributed by atoms with E-state index in [1.807, 2.05) is 0 Å². The number of carbonyl (C=O) groups is 2. The molecule has 0 aromatic rings. The van der Waals surface area contributed by atoms with Crippen LogP contribution in [0.5, 0.6) is 0 Å². The van der Waals surface area contributed by atoms with Crippen molar-refractivity contribution in [2.75, 3.05) is 7.11 Å². The first-order chi connectivity index (χ1) is 11.4. The summed E-state index contributed by atoms with van der Waals surface area (Å²) in [6.45, 7) is 5.84. The number of amides is 1. The quantitative estimate of drug-likeness (QED) is 0.510. The fourth-order valence-corrected chi connectivity index (χ4v) is 3.15. The van der Waals surface area contributed by atoms with E-state index in [1.165, 1.54) is 7.11 Å². The van der Waals surface area contributed by atoms with Crippen LogP contribution in [0.15, 0.2) is 23.6 Å². The summed E-state index contributed by atoms with van der Waals surface area (Å²) in [5, 5.41) is 21.9. The van der Waals surface area contributed by atoms with Gasteiger partial charge in [0, 0.05) is 0 Å². The molecule has 0 fully saturated rings. The van der Waals surface area contributed by atoms with Crippen molar-refractivity contribution in [3.05, 3.63) is 23.6 Å². The van der Waals surface area contributed by atoms with Crippen molar-refractivity contribution in [1.29, 1.82) is 0 Å². The average molecular weight is 339 g/mol. The topological polar surface area (TPSA) is 96.3 Å². The van der Waals surface area contributed by atoms with Crippen LogP contribution in [0.4, 0.5) is 0 Å². The molecule has 0 aromatic heterocycles. The van der Waals surface area contributed by atoms with E-state index in [4.69, 9.17) is 9.57 Å². The lowest BCUT2D eigenvalue weighted by atomic mass is 9.82. The molecule has 2 aliphatic rings. The minimum Gasteiger partial charge on any atom is -0.484 e. The van der Waals surface area contributed by atoms with Crippen molar-refractivity contribution in [3.63, 3.8) is 0 Å². The highest BCUT2D eigenvalue weighted by atomic mass is 16.7. The molecule has 0 saturated heterocycles. The summed E-state index contributed by atoms with van der Waals surface area (Å²) in [5.74, 6) is -0.605. The summed E-state index contributed by atoms with van der Waals surface area (Å²) < 4.78 is 5.70. The van der Waals surface area contributed by atoms with Crippen LogP contribution in [0.25, 0.3) is 0 Å². The summed E-state index contributed by atoms with van der Waals surface area (Å²) in [6, 6.07) is 0. The number of hydrogen-bond acceptors (Lipinski definition) is 6. The van der Waals surface area contributed by atoms with E-state index in [9.17, 15) is 19.8 Å². The molecule has 0 saturated carbocycles. The Hall–Kier alpha value is -1.70. The minimum atomic E-state index is -2.16. The number of rotatable bonds is 8. The molecule has 7 heteroatoms. The van der Waals surface area contributed by atoms with Crippen LogP contribution in [0.2, 0.25) is 0 Å². The highest BCUT2D eigenvalue weighted by Crippen LogP contribution is 2.42. The zero-order valence-electron chi connectivity index (χ0n) is 14.2. The van der Waals surface area contributed by atoms with E-state index in [0.717, 1.165) is 37.2 Å². The van der Waals surface area contributed by atoms with Crippen LogP contribution < -0.4 is 0 Å². The second-order valence-electron chi connectivity index (χ2n) is 6.19. The number of hydroxylamine groups is 2. The molecule has 7 nitrogen and oxygen atoms in total. The van der Waals surface area contributed by atoms with Gasteiger partial charge in [-0.1, -0.05) is 39.2 Å². The highest BCUT2D eigenvalue weighted by Gasteiger charge is 2.56. The van der Waals surface area contributed by atoms with Gasteiger partial charge in [0.15, 0.2) is 17.6 Å². The van der Waals surface area contributed by atoms with Crippen LogP contribution in [0, 0.1) is 0 Å². The lowest BCUT2D eigenvalue weighted by molar-refractivity contribution is -0.168. The van der Waals surface area contributed by atoms with Crippen molar-refractivity contribution in [2.24, 2.45) is 0 Å². The Morgan fingerprint density at radius 2 is 2.04 bits per heavy atom. The number of aliphatic hydroxyl groups is 2. The molecule has 0 bridgehead atoms. The summed E-state index contributed by atoms with van der Waals surface area (Å²) in [6.07, 6.45) is 3.00. The molecule has 0 unspecified atom stereocenters. The number of aldehydes is 1. The monoisotopic (exact) mass is 339 g/mol. The van der Waals surface area contributed by atoms with E-state index in [0.29, 0.717) is 6.42 Å². The van der Waals surface area contributed by atoms with E-state index >= 15 is 0 Å². The molecular weight excluding hydrogens is 314 g/mol. The molecule has 0 aliphatic carbocycles. The first-order valence-electron chi connectivity index (χ1n) is 8.27. The Morgan fingerprint density at radius 3 is 2.62 bits per heavy atom. The van der Waals surface area contributed by atoms with Crippen LogP contribution in [-0.4, -0.2) is 52.4 Å². The van der Waals surface area contributed by atoms with Gasteiger partial charge in [-0.05, 0) is 12.8 Å². The van der Waals surface area contributed by atoms with Gasteiger partial charge in [0.05, 0.1) is 12.7 Å². The summed E-state index contributed by atoms with van der Waals surface area (Å²) >= 11 is 0. The van der Waals surface area contributed by atoms with Crippen molar-refractivity contribution in [2.45, 2.75) is 63.3 Å². The number of aliphatic hydroxyl groups excluding tert-OH is 1. The van der Waals surface area contributed by atoms with Gasteiger partial charge in [0.25, 0.3) is 5.91 Å². The molecule has 24 heavy (non-hydrogen) atoms. The predicted octanol–water partition coefficient (Wildman–Crippen LogP) is 1.21. The first kappa shape index (κ1) is 18.6. The molecule has 134 valence electrons. The van der Waals surface area contributed by atoms with Crippen LogP contribution in [-0.2, 0) is 19.2 Å². The van der Waals surface area contributed by atoms with Crippen LogP contribution >= 0.6 is 0 Å². The molecule has 1 amide bonds. The molecule has 0 radical (unpaired) electrons. The molecule has 0 aromatic carbocycles.